The largest absolute Gasteiger partial charge is 0.454 e. The molecule has 1 aromatic carbocycles. The van der Waals surface area contributed by atoms with Crippen LogP contribution in [-0.2, 0) is 11.2 Å². The summed E-state index contributed by atoms with van der Waals surface area (Å²) in [5.74, 6) is 1.48. The van der Waals surface area contributed by atoms with Crippen molar-refractivity contribution in [2.75, 3.05) is 19.9 Å². The lowest BCUT2D eigenvalue weighted by atomic mass is 10.1. The number of ether oxygens (including phenoxy) is 2. The van der Waals surface area contributed by atoms with Gasteiger partial charge < -0.3 is 19.5 Å². The van der Waals surface area contributed by atoms with Crippen LogP contribution >= 0.6 is 0 Å². The molecule has 1 N–H and O–H groups in total. The summed E-state index contributed by atoms with van der Waals surface area (Å²) < 4.78 is 10.5. The van der Waals surface area contributed by atoms with Gasteiger partial charge in [0.15, 0.2) is 11.5 Å². The van der Waals surface area contributed by atoms with Gasteiger partial charge >= 0.3 is 0 Å². The van der Waals surface area contributed by atoms with Gasteiger partial charge in [0.2, 0.25) is 12.7 Å². The van der Waals surface area contributed by atoms with E-state index in [9.17, 15) is 9.90 Å². The second-order valence-corrected chi connectivity index (χ2v) is 5.00. The molecule has 1 unspecified atom stereocenters. The maximum atomic E-state index is 12.2. The first-order valence-electron chi connectivity index (χ1n) is 6.57. The van der Waals surface area contributed by atoms with Crippen LogP contribution < -0.4 is 9.47 Å². The second kappa shape index (κ2) is 5.09. The molecule has 0 spiro atoms. The molecule has 3 rings (SSSR count). The zero-order valence-corrected chi connectivity index (χ0v) is 10.7. The third-order valence-electron chi connectivity index (χ3n) is 3.54. The Labute approximate surface area is 111 Å². The monoisotopic (exact) mass is 263 g/mol. The van der Waals surface area contributed by atoms with E-state index < -0.39 is 0 Å². The van der Waals surface area contributed by atoms with E-state index in [-0.39, 0.29) is 18.8 Å². The van der Waals surface area contributed by atoms with Crippen LogP contribution in [0.15, 0.2) is 18.2 Å². The van der Waals surface area contributed by atoms with Crippen LogP contribution in [0.5, 0.6) is 11.5 Å². The van der Waals surface area contributed by atoms with Crippen LogP contribution in [0.2, 0.25) is 0 Å². The van der Waals surface area contributed by atoms with Gasteiger partial charge in [0.1, 0.15) is 0 Å². The fraction of sp³-hybridized carbons (Fsp3) is 0.500. The molecule has 19 heavy (non-hydrogen) atoms. The van der Waals surface area contributed by atoms with Crippen LogP contribution in [-0.4, -0.2) is 41.9 Å². The van der Waals surface area contributed by atoms with Crippen molar-refractivity contribution in [3.05, 3.63) is 23.8 Å². The molecule has 0 saturated carbocycles. The van der Waals surface area contributed by atoms with Crippen molar-refractivity contribution in [1.82, 2.24) is 4.90 Å². The Morgan fingerprint density at radius 3 is 3.05 bits per heavy atom. The van der Waals surface area contributed by atoms with Gasteiger partial charge in [-0.15, -0.1) is 0 Å². The van der Waals surface area contributed by atoms with E-state index in [4.69, 9.17) is 9.47 Å². The fourth-order valence-electron chi connectivity index (χ4n) is 2.52. The number of likely N-dealkylation sites (tertiary alicyclic amines) is 1. The number of piperidine rings is 1. The number of β-amino-alcohol motifs (C(OH)–C–C–N with tert-alkyl or cyclic N) is 1. The maximum absolute atomic E-state index is 12.2. The molecule has 0 bridgehead atoms. The molecular weight excluding hydrogens is 246 g/mol. The average molecular weight is 263 g/mol. The highest BCUT2D eigenvalue weighted by molar-refractivity contribution is 5.79. The lowest BCUT2D eigenvalue weighted by Gasteiger charge is -2.30. The van der Waals surface area contributed by atoms with Gasteiger partial charge in [-0.3, -0.25) is 4.79 Å². The van der Waals surface area contributed by atoms with E-state index in [1.165, 1.54) is 0 Å². The first-order chi connectivity index (χ1) is 9.22. The molecule has 5 heteroatoms. The number of carbonyl (C=O) groups is 1. The van der Waals surface area contributed by atoms with Crippen molar-refractivity contribution in [3.63, 3.8) is 0 Å². The van der Waals surface area contributed by atoms with Gasteiger partial charge in [-0.25, -0.2) is 0 Å². The van der Waals surface area contributed by atoms with Crippen LogP contribution in [0.3, 0.4) is 0 Å². The first-order valence-corrected chi connectivity index (χ1v) is 6.57. The third kappa shape index (κ3) is 2.66. The Kier molecular flexibility index (Phi) is 3.29. The number of hydrogen-bond acceptors (Lipinski definition) is 4. The highest BCUT2D eigenvalue weighted by Crippen LogP contribution is 2.32. The molecule has 1 atom stereocenters. The summed E-state index contributed by atoms with van der Waals surface area (Å²) in [6, 6.07) is 5.56. The fourth-order valence-corrected chi connectivity index (χ4v) is 2.52. The number of aliphatic hydroxyl groups excluding tert-OH is 1. The smallest absolute Gasteiger partial charge is 0.231 e. The molecule has 102 valence electrons. The third-order valence-corrected chi connectivity index (χ3v) is 3.54. The molecule has 5 nitrogen and oxygen atoms in total. The predicted molar refractivity (Wildman–Crippen MR) is 68.1 cm³/mol. The van der Waals surface area contributed by atoms with E-state index in [0.29, 0.717) is 18.7 Å². The number of carbonyl (C=O) groups excluding carboxylic acids is 1. The summed E-state index contributed by atoms with van der Waals surface area (Å²) in [5.41, 5.74) is 0.911. The molecule has 0 aromatic heterocycles. The van der Waals surface area contributed by atoms with Crippen molar-refractivity contribution in [2.45, 2.75) is 25.4 Å². The van der Waals surface area contributed by atoms with E-state index in [1.807, 2.05) is 18.2 Å². The van der Waals surface area contributed by atoms with Crippen LogP contribution in [0, 0.1) is 0 Å². The Morgan fingerprint density at radius 2 is 2.21 bits per heavy atom. The highest BCUT2D eigenvalue weighted by Gasteiger charge is 2.22. The van der Waals surface area contributed by atoms with E-state index >= 15 is 0 Å². The van der Waals surface area contributed by atoms with Gasteiger partial charge in [-0.1, -0.05) is 6.07 Å². The maximum Gasteiger partial charge on any atom is 0.231 e. The molecule has 2 heterocycles. The van der Waals surface area contributed by atoms with E-state index in [0.717, 1.165) is 30.7 Å². The highest BCUT2D eigenvalue weighted by atomic mass is 16.7. The van der Waals surface area contributed by atoms with Crippen molar-refractivity contribution >= 4 is 5.91 Å². The molecule has 2 aliphatic heterocycles. The summed E-state index contributed by atoms with van der Waals surface area (Å²) in [7, 11) is 0. The Morgan fingerprint density at radius 1 is 1.37 bits per heavy atom. The second-order valence-electron chi connectivity index (χ2n) is 5.00. The molecule has 1 saturated heterocycles. The lowest BCUT2D eigenvalue weighted by molar-refractivity contribution is -0.133. The summed E-state index contributed by atoms with van der Waals surface area (Å²) in [5, 5.41) is 9.59. The standard InChI is InChI=1S/C14H17NO4/c16-11-2-1-5-15(8-11)14(17)7-10-3-4-12-13(6-10)19-9-18-12/h3-4,6,11,16H,1-2,5,7-9H2. The summed E-state index contributed by atoms with van der Waals surface area (Å²) >= 11 is 0. The Bertz CT molecular complexity index is 488. The first kappa shape index (κ1) is 12.3. The minimum absolute atomic E-state index is 0.0533. The quantitative estimate of drug-likeness (QED) is 0.862. The molecule has 2 aliphatic rings. The number of rotatable bonds is 2. The zero-order chi connectivity index (χ0) is 13.2. The molecule has 0 radical (unpaired) electrons. The number of fused-ring (bicyclic) bond motifs is 1. The number of benzene rings is 1. The van der Waals surface area contributed by atoms with Gasteiger partial charge in [0, 0.05) is 13.1 Å². The number of hydrogen-bond donors (Lipinski definition) is 1. The molecule has 1 aromatic rings. The zero-order valence-electron chi connectivity index (χ0n) is 10.7. The van der Waals surface area contributed by atoms with Crippen molar-refractivity contribution in [2.24, 2.45) is 0 Å². The number of nitrogens with zero attached hydrogens (tertiary/aromatic N) is 1. The molecule has 1 amide bonds. The lowest BCUT2D eigenvalue weighted by Crippen LogP contribution is -2.42. The Balaban J connectivity index is 1.66. The minimum atomic E-state index is -0.380. The van der Waals surface area contributed by atoms with Gasteiger partial charge in [-0.2, -0.15) is 0 Å². The predicted octanol–water partition coefficient (Wildman–Crippen LogP) is 0.941. The Hall–Kier alpha value is -1.75. The van der Waals surface area contributed by atoms with Crippen molar-refractivity contribution < 1.29 is 19.4 Å². The van der Waals surface area contributed by atoms with Crippen LogP contribution in [0.4, 0.5) is 0 Å². The minimum Gasteiger partial charge on any atom is -0.454 e. The topological polar surface area (TPSA) is 59.0 Å². The van der Waals surface area contributed by atoms with Crippen LogP contribution in [0.1, 0.15) is 18.4 Å². The van der Waals surface area contributed by atoms with Gasteiger partial charge in [0.25, 0.3) is 0 Å². The van der Waals surface area contributed by atoms with E-state index in [2.05, 4.69) is 0 Å². The summed E-state index contributed by atoms with van der Waals surface area (Å²) in [6.45, 7) is 1.43. The average Bonchev–Trinajstić information content (AvgIpc) is 2.86. The SMILES string of the molecule is O=C(Cc1ccc2c(c1)OCO2)N1CCCC(O)C1. The number of amides is 1. The normalized spacial score (nSPS) is 21.5. The van der Waals surface area contributed by atoms with E-state index in [1.54, 1.807) is 4.90 Å². The molecule has 1 fully saturated rings. The summed E-state index contributed by atoms with van der Waals surface area (Å²) in [4.78, 5) is 13.9. The van der Waals surface area contributed by atoms with Gasteiger partial charge in [0.05, 0.1) is 12.5 Å². The molecule has 0 aliphatic carbocycles. The van der Waals surface area contributed by atoms with Crippen molar-refractivity contribution in [1.29, 1.82) is 0 Å². The number of aliphatic hydroxyl groups is 1. The van der Waals surface area contributed by atoms with Crippen LogP contribution in [0.25, 0.3) is 0 Å². The summed E-state index contributed by atoms with van der Waals surface area (Å²) in [6.07, 6.45) is 1.61. The molecular formula is C14H17NO4. The van der Waals surface area contributed by atoms with Crippen molar-refractivity contribution in [3.8, 4) is 11.5 Å². The van der Waals surface area contributed by atoms with Gasteiger partial charge in [-0.05, 0) is 30.5 Å².